The van der Waals surface area contributed by atoms with Crippen molar-refractivity contribution < 1.29 is 9.31 Å². The molecule has 7 nitrogen and oxygen atoms in total. The van der Waals surface area contributed by atoms with Crippen LogP contribution in [0, 0.1) is 15.9 Å². The highest BCUT2D eigenvalue weighted by atomic mass is 35.5. The standard InChI is InChI=1S/C11H11ClFN5O2/c12-7-1-2-8(13)6(3-7)4-11(15)16-5-9(18(19)20)10(14)17-11/h1-3,5,16H,4,15H2,(H2,14,17). The fraction of sp³-hybridized carbons (Fsp3) is 0.182. The number of nitrogens with two attached hydrogens (primary N) is 2. The molecule has 0 fully saturated rings. The summed E-state index contributed by atoms with van der Waals surface area (Å²) in [5.74, 6) is -2.28. The number of nitrogens with one attached hydrogen (secondary N) is 1. The molecule has 106 valence electrons. The molecule has 2 rings (SSSR count). The molecule has 0 spiro atoms. The van der Waals surface area contributed by atoms with E-state index < -0.39 is 22.2 Å². The summed E-state index contributed by atoms with van der Waals surface area (Å²) in [4.78, 5) is 13.8. The Morgan fingerprint density at radius 2 is 2.25 bits per heavy atom. The topological polar surface area (TPSA) is 120 Å². The molecule has 1 unspecified atom stereocenters. The minimum Gasteiger partial charge on any atom is -0.378 e. The zero-order valence-electron chi connectivity index (χ0n) is 10.1. The van der Waals surface area contributed by atoms with Crippen LogP contribution in [0.5, 0.6) is 0 Å². The molecule has 0 bridgehead atoms. The van der Waals surface area contributed by atoms with E-state index in [0.717, 1.165) is 6.20 Å². The van der Waals surface area contributed by atoms with Crippen molar-refractivity contribution in [2.24, 2.45) is 16.5 Å². The lowest BCUT2D eigenvalue weighted by molar-refractivity contribution is -0.416. The Morgan fingerprint density at radius 1 is 1.55 bits per heavy atom. The number of hydrogen-bond acceptors (Lipinski definition) is 6. The molecule has 0 aromatic heterocycles. The number of halogens is 2. The van der Waals surface area contributed by atoms with Gasteiger partial charge >= 0.3 is 5.70 Å². The van der Waals surface area contributed by atoms with E-state index >= 15 is 0 Å². The second kappa shape index (κ2) is 5.06. The molecule has 1 aliphatic heterocycles. The SMILES string of the molecule is NC1=NC(N)(Cc2cc(Cl)ccc2F)NC=C1[N+](=O)[O-]. The highest BCUT2D eigenvalue weighted by molar-refractivity contribution is 6.30. The third-order valence-electron chi connectivity index (χ3n) is 2.71. The molecule has 1 atom stereocenters. The van der Waals surface area contributed by atoms with Crippen LogP contribution in [0.15, 0.2) is 35.1 Å². The van der Waals surface area contributed by atoms with Gasteiger partial charge in [0.05, 0.1) is 11.1 Å². The van der Waals surface area contributed by atoms with Gasteiger partial charge in [-0.25, -0.2) is 9.38 Å². The van der Waals surface area contributed by atoms with Gasteiger partial charge in [-0.2, -0.15) is 0 Å². The lowest BCUT2D eigenvalue weighted by Crippen LogP contribution is -2.55. The molecule has 0 saturated carbocycles. The first-order chi connectivity index (χ1) is 9.31. The Morgan fingerprint density at radius 3 is 2.85 bits per heavy atom. The zero-order chi connectivity index (χ0) is 14.9. The number of nitro groups is 1. The van der Waals surface area contributed by atoms with Crippen LogP contribution < -0.4 is 16.8 Å². The first-order valence-electron chi connectivity index (χ1n) is 5.51. The molecule has 9 heteroatoms. The van der Waals surface area contributed by atoms with Crippen molar-refractivity contribution in [1.29, 1.82) is 0 Å². The summed E-state index contributed by atoms with van der Waals surface area (Å²) >= 11 is 5.78. The summed E-state index contributed by atoms with van der Waals surface area (Å²) in [6, 6.07) is 4.01. The molecule has 5 N–H and O–H groups in total. The maximum atomic E-state index is 13.7. The number of aliphatic imine (C=N–C) groups is 1. The maximum Gasteiger partial charge on any atom is 0.326 e. The Bertz CT molecular complexity index is 633. The van der Waals surface area contributed by atoms with Crippen molar-refractivity contribution >= 4 is 17.4 Å². The quantitative estimate of drug-likeness (QED) is 0.561. The van der Waals surface area contributed by atoms with Gasteiger partial charge in [0.25, 0.3) is 0 Å². The van der Waals surface area contributed by atoms with Crippen LogP contribution in [-0.2, 0) is 6.42 Å². The Balaban J connectivity index is 2.27. The zero-order valence-corrected chi connectivity index (χ0v) is 10.9. The van der Waals surface area contributed by atoms with Crippen LogP contribution >= 0.6 is 11.6 Å². The van der Waals surface area contributed by atoms with Gasteiger partial charge in [-0.3, -0.25) is 15.8 Å². The fourth-order valence-electron chi connectivity index (χ4n) is 1.78. The molecule has 1 aromatic carbocycles. The maximum absolute atomic E-state index is 13.7. The number of benzene rings is 1. The first kappa shape index (κ1) is 14.2. The highest BCUT2D eigenvalue weighted by Crippen LogP contribution is 2.20. The van der Waals surface area contributed by atoms with E-state index in [2.05, 4.69) is 10.3 Å². The smallest absolute Gasteiger partial charge is 0.326 e. The van der Waals surface area contributed by atoms with Crippen molar-refractivity contribution in [2.45, 2.75) is 12.2 Å². The number of nitrogens with zero attached hydrogens (tertiary/aromatic N) is 2. The fourth-order valence-corrected chi connectivity index (χ4v) is 1.97. The van der Waals surface area contributed by atoms with E-state index in [1.165, 1.54) is 18.2 Å². The monoisotopic (exact) mass is 299 g/mol. The van der Waals surface area contributed by atoms with Crippen LogP contribution in [-0.4, -0.2) is 16.5 Å². The Kier molecular flexibility index (Phi) is 3.60. The summed E-state index contributed by atoms with van der Waals surface area (Å²) in [5.41, 5.74) is 11.2. The van der Waals surface area contributed by atoms with Gasteiger partial charge < -0.3 is 11.1 Å². The number of hydrogen-bond donors (Lipinski definition) is 3. The van der Waals surface area contributed by atoms with Crippen LogP contribution in [0.4, 0.5) is 4.39 Å². The van der Waals surface area contributed by atoms with Crippen molar-refractivity contribution in [3.63, 3.8) is 0 Å². The predicted molar refractivity (Wildman–Crippen MR) is 71.9 cm³/mol. The van der Waals surface area contributed by atoms with E-state index in [1.807, 2.05) is 0 Å². The normalized spacial score (nSPS) is 21.8. The summed E-state index contributed by atoms with van der Waals surface area (Å²) in [5, 5.41) is 13.5. The Hall–Kier alpha value is -2.19. The van der Waals surface area contributed by atoms with Crippen LogP contribution in [0.25, 0.3) is 0 Å². The van der Waals surface area contributed by atoms with Gasteiger partial charge in [0.2, 0.25) is 5.84 Å². The molecular weight excluding hydrogens is 289 g/mol. The van der Waals surface area contributed by atoms with Crippen LogP contribution in [0.1, 0.15) is 5.56 Å². The molecule has 1 aliphatic rings. The number of amidine groups is 1. The van der Waals surface area contributed by atoms with Gasteiger partial charge in [-0.05, 0) is 23.8 Å². The lowest BCUT2D eigenvalue weighted by atomic mass is 10.1. The van der Waals surface area contributed by atoms with Crippen molar-refractivity contribution in [3.05, 3.63) is 56.6 Å². The molecule has 1 heterocycles. The van der Waals surface area contributed by atoms with E-state index in [0.29, 0.717) is 5.02 Å². The van der Waals surface area contributed by atoms with E-state index in [9.17, 15) is 14.5 Å². The van der Waals surface area contributed by atoms with Crippen molar-refractivity contribution in [2.75, 3.05) is 0 Å². The molecule has 1 aromatic rings. The van der Waals surface area contributed by atoms with Gasteiger partial charge in [-0.1, -0.05) is 11.6 Å². The minimum atomic E-state index is -1.46. The van der Waals surface area contributed by atoms with Crippen molar-refractivity contribution in [3.8, 4) is 0 Å². The van der Waals surface area contributed by atoms with E-state index in [4.69, 9.17) is 23.1 Å². The van der Waals surface area contributed by atoms with E-state index in [1.54, 1.807) is 0 Å². The molecular formula is C11H11ClFN5O2. The lowest BCUT2D eigenvalue weighted by Gasteiger charge is -2.28. The highest BCUT2D eigenvalue weighted by Gasteiger charge is 2.32. The summed E-state index contributed by atoms with van der Waals surface area (Å²) in [6.07, 6.45) is 0.979. The molecule has 20 heavy (non-hydrogen) atoms. The van der Waals surface area contributed by atoms with Crippen LogP contribution in [0.2, 0.25) is 5.02 Å². The van der Waals surface area contributed by atoms with Crippen LogP contribution in [0.3, 0.4) is 0 Å². The second-order valence-corrected chi connectivity index (χ2v) is 4.70. The van der Waals surface area contributed by atoms with Crippen molar-refractivity contribution in [1.82, 2.24) is 5.32 Å². The summed E-state index contributed by atoms with van der Waals surface area (Å²) in [6.45, 7) is 0. The largest absolute Gasteiger partial charge is 0.378 e. The first-order valence-corrected chi connectivity index (χ1v) is 5.89. The third kappa shape index (κ3) is 2.86. The molecule has 0 aliphatic carbocycles. The molecule has 0 radical (unpaired) electrons. The van der Waals surface area contributed by atoms with Gasteiger partial charge in [-0.15, -0.1) is 0 Å². The van der Waals surface area contributed by atoms with E-state index in [-0.39, 0.29) is 17.8 Å². The average Bonchev–Trinajstić information content (AvgIpc) is 2.33. The third-order valence-corrected chi connectivity index (χ3v) is 2.94. The van der Waals surface area contributed by atoms with Gasteiger partial charge in [0.1, 0.15) is 5.82 Å². The summed E-state index contributed by atoms with van der Waals surface area (Å²) < 4.78 is 13.7. The molecule has 0 saturated heterocycles. The average molecular weight is 300 g/mol. The summed E-state index contributed by atoms with van der Waals surface area (Å²) in [7, 11) is 0. The second-order valence-electron chi connectivity index (χ2n) is 4.26. The minimum absolute atomic E-state index is 0.0679. The Labute approximate surface area is 118 Å². The molecule has 0 amide bonds. The van der Waals surface area contributed by atoms with Gasteiger partial charge in [0.15, 0.2) is 5.79 Å². The number of rotatable bonds is 3. The van der Waals surface area contributed by atoms with Gasteiger partial charge in [0, 0.05) is 11.4 Å². The predicted octanol–water partition coefficient (Wildman–Crippen LogP) is 0.713.